The number of hydrogen-bond acceptors (Lipinski definition) is 5. The van der Waals surface area contributed by atoms with Crippen LogP contribution in [0.25, 0.3) is 0 Å². The third-order valence-electron chi connectivity index (χ3n) is 3.37. The fraction of sp³-hybridized carbons (Fsp3) is 0.278. The van der Waals surface area contributed by atoms with Gasteiger partial charge in [-0.1, -0.05) is 36.4 Å². The topological polar surface area (TPSA) is 84.5 Å². The highest BCUT2D eigenvalue weighted by Gasteiger charge is 2.19. The van der Waals surface area contributed by atoms with E-state index >= 15 is 0 Å². The van der Waals surface area contributed by atoms with Gasteiger partial charge in [-0.25, -0.2) is 4.79 Å². The molecule has 1 aromatic heterocycles. The van der Waals surface area contributed by atoms with Crippen LogP contribution in [0.2, 0.25) is 0 Å². The third-order valence-corrected chi connectivity index (χ3v) is 4.30. The van der Waals surface area contributed by atoms with Gasteiger partial charge in [0.25, 0.3) is 5.91 Å². The molecular weight excluding hydrogens is 340 g/mol. The Labute approximate surface area is 150 Å². The van der Waals surface area contributed by atoms with Gasteiger partial charge in [0.1, 0.15) is 0 Å². The van der Waals surface area contributed by atoms with Gasteiger partial charge in [0, 0.05) is 11.4 Å². The summed E-state index contributed by atoms with van der Waals surface area (Å²) >= 11 is 1.56. The van der Waals surface area contributed by atoms with E-state index < -0.39 is 24.0 Å². The molecule has 0 saturated heterocycles. The van der Waals surface area contributed by atoms with E-state index in [4.69, 9.17) is 4.74 Å². The van der Waals surface area contributed by atoms with Gasteiger partial charge < -0.3 is 10.1 Å². The largest absolute Gasteiger partial charge is 0.453 e. The molecule has 0 saturated carbocycles. The first-order chi connectivity index (χ1) is 12.0. The Bertz CT molecular complexity index is 701. The van der Waals surface area contributed by atoms with Crippen molar-refractivity contribution in [3.8, 4) is 0 Å². The maximum atomic E-state index is 11.9. The molecule has 2 N–H and O–H groups in total. The molecule has 6 nitrogen and oxygen atoms in total. The molecule has 2 aromatic rings. The summed E-state index contributed by atoms with van der Waals surface area (Å²) in [6.45, 7) is 1.73. The van der Waals surface area contributed by atoms with E-state index in [0.29, 0.717) is 13.0 Å². The molecule has 0 spiro atoms. The minimum atomic E-state index is -1.03. The number of carbonyl (C=O) groups excluding carboxylic acids is 3. The van der Waals surface area contributed by atoms with Crippen molar-refractivity contribution in [1.82, 2.24) is 10.6 Å². The predicted molar refractivity (Wildman–Crippen MR) is 95.0 cm³/mol. The first-order valence-corrected chi connectivity index (χ1v) is 8.77. The summed E-state index contributed by atoms with van der Waals surface area (Å²) in [4.78, 5) is 36.4. The molecule has 25 heavy (non-hydrogen) atoms. The van der Waals surface area contributed by atoms with Crippen LogP contribution in [0, 0.1) is 0 Å². The van der Waals surface area contributed by atoms with Crippen molar-refractivity contribution in [2.75, 3.05) is 0 Å². The molecule has 0 radical (unpaired) electrons. The second-order valence-electron chi connectivity index (χ2n) is 5.37. The summed E-state index contributed by atoms with van der Waals surface area (Å²) in [7, 11) is 0. The zero-order chi connectivity index (χ0) is 18.1. The summed E-state index contributed by atoms with van der Waals surface area (Å²) < 4.78 is 5.05. The Kier molecular flexibility index (Phi) is 7.16. The number of benzene rings is 1. The van der Waals surface area contributed by atoms with Crippen LogP contribution in [-0.4, -0.2) is 24.0 Å². The lowest BCUT2D eigenvalue weighted by Gasteiger charge is -2.13. The molecule has 1 heterocycles. The van der Waals surface area contributed by atoms with Crippen LogP contribution in [0.15, 0.2) is 47.8 Å². The predicted octanol–water partition coefficient (Wildman–Crippen LogP) is 2.64. The summed E-state index contributed by atoms with van der Waals surface area (Å²) in [6, 6.07) is 12.5. The minimum absolute atomic E-state index is 0.193. The van der Waals surface area contributed by atoms with E-state index in [2.05, 4.69) is 10.6 Å². The molecule has 0 unspecified atom stereocenters. The van der Waals surface area contributed by atoms with Gasteiger partial charge in [0.2, 0.25) is 0 Å². The number of thiophene rings is 1. The summed E-state index contributed by atoms with van der Waals surface area (Å²) in [5.41, 5.74) is 0.915. The van der Waals surface area contributed by atoms with E-state index in [1.165, 1.54) is 6.92 Å². The Morgan fingerprint density at radius 3 is 2.56 bits per heavy atom. The van der Waals surface area contributed by atoms with Gasteiger partial charge in [-0.05, 0) is 30.4 Å². The zero-order valence-corrected chi connectivity index (χ0v) is 14.7. The highest BCUT2D eigenvalue weighted by molar-refractivity contribution is 7.09. The highest BCUT2D eigenvalue weighted by Crippen LogP contribution is 2.11. The maximum absolute atomic E-state index is 11.9. The zero-order valence-electron chi connectivity index (χ0n) is 13.9. The number of carbonyl (C=O) groups is 3. The molecule has 2 rings (SSSR count). The van der Waals surface area contributed by atoms with Gasteiger partial charge in [0.15, 0.2) is 6.10 Å². The Hall–Kier alpha value is -2.67. The van der Waals surface area contributed by atoms with Crippen LogP contribution in [0.4, 0.5) is 4.79 Å². The minimum Gasteiger partial charge on any atom is -0.453 e. The molecular formula is C18H20N2O4S. The van der Waals surface area contributed by atoms with Gasteiger partial charge >= 0.3 is 12.0 Å². The van der Waals surface area contributed by atoms with Crippen molar-refractivity contribution < 1.29 is 19.1 Å². The SMILES string of the molecule is C[C@H](OC(=O)CCc1cccs1)C(=O)NC(=O)NCc1ccccc1. The third kappa shape index (κ3) is 6.76. The van der Waals surface area contributed by atoms with Crippen molar-refractivity contribution in [2.24, 2.45) is 0 Å². The smallest absolute Gasteiger partial charge is 0.321 e. The van der Waals surface area contributed by atoms with Crippen molar-refractivity contribution in [3.05, 3.63) is 58.3 Å². The Morgan fingerprint density at radius 2 is 1.88 bits per heavy atom. The van der Waals surface area contributed by atoms with Crippen molar-refractivity contribution in [2.45, 2.75) is 32.4 Å². The number of imide groups is 1. The Balaban J connectivity index is 1.68. The lowest BCUT2D eigenvalue weighted by Crippen LogP contribution is -2.44. The van der Waals surface area contributed by atoms with Crippen LogP contribution in [-0.2, 0) is 27.3 Å². The highest BCUT2D eigenvalue weighted by atomic mass is 32.1. The van der Waals surface area contributed by atoms with Crippen LogP contribution >= 0.6 is 11.3 Å². The van der Waals surface area contributed by atoms with Gasteiger partial charge in [0.05, 0.1) is 6.42 Å². The standard InChI is InChI=1S/C18H20N2O4S/c1-13(24-16(21)10-9-15-8-5-11-25-15)17(22)20-18(23)19-12-14-6-3-2-4-7-14/h2-8,11,13H,9-10,12H2,1H3,(H2,19,20,22,23)/t13-/m0/s1. The first kappa shape index (κ1) is 18.7. The van der Waals surface area contributed by atoms with Gasteiger partial charge in [-0.3, -0.25) is 14.9 Å². The lowest BCUT2D eigenvalue weighted by atomic mass is 10.2. The fourth-order valence-electron chi connectivity index (χ4n) is 2.03. The summed E-state index contributed by atoms with van der Waals surface area (Å²) in [6.07, 6.45) is -0.265. The average molecular weight is 360 g/mol. The van der Waals surface area contributed by atoms with E-state index in [-0.39, 0.29) is 6.42 Å². The van der Waals surface area contributed by atoms with E-state index in [1.807, 2.05) is 47.8 Å². The maximum Gasteiger partial charge on any atom is 0.321 e. The molecule has 0 fully saturated rings. The molecule has 0 aliphatic heterocycles. The van der Waals surface area contributed by atoms with Gasteiger partial charge in [-0.2, -0.15) is 0 Å². The Morgan fingerprint density at radius 1 is 1.12 bits per heavy atom. The number of rotatable bonds is 7. The van der Waals surface area contributed by atoms with Crippen LogP contribution in [0.3, 0.4) is 0 Å². The monoisotopic (exact) mass is 360 g/mol. The van der Waals surface area contributed by atoms with Crippen LogP contribution in [0.5, 0.6) is 0 Å². The molecule has 0 bridgehead atoms. The number of aryl methyl sites for hydroxylation is 1. The molecule has 0 aliphatic rings. The molecule has 1 atom stereocenters. The lowest BCUT2D eigenvalue weighted by molar-refractivity contribution is -0.154. The van der Waals surface area contributed by atoms with E-state index in [9.17, 15) is 14.4 Å². The molecule has 0 aliphatic carbocycles. The van der Waals surface area contributed by atoms with Crippen molar-refractivity contribution in [3.63, 3.8) is 0 Å². The fourth-order valence-corrected chi connectivity index (χ4v) is 2.73. The second kappa shape index (κ2) is 9.58. The molecule has 1 aromatic carbocycles. The van der Waals surface area contributed by atoms with Gasteiger partial charge in [-0.15, -0.1) is 11.3 Å². The number of ether oxygens (including phenoxy) is 1. The van der Waals surface area contributed by atoms with Crippen LogP contribution < -0.4 is 10.6 Å². The normalized spacial score (nSPS) is 11.4. The number of nitrogens with one attached hydrogen (secondary N) is 2. The summed E-state index contributed by atoms with van der Waals surface area (Å²) in [5.74, 6) is -1.13. The van der Waals surface area contributed by atoms with Crippen molar-refractivity contribution in [1.29, 1.82) is 0 Å². The van der Waals surface area contributed by atoms with E-state index in [1.54, 1.807) is 11.3 Å². The number of urea groups is 1. The molecule has 7 heteroatoms. The number of esters is 1. The summed E-state index contributed by atoms with van der Waals surface area (Å²) in [5, 5.41) is 6.67. The first-order valence-electron chi connectivity index (χ1n) is 7.89. The number of hydrogen-bond donors (Lipinski definition) is 2. The second-order valence-corrected chi connectivity index (χ2v) is 6.40. The molecule has 132 valence electrons. The van der Waals surface area contributed by atoms with Crippen molar-refractivity contribution >= 4 is 29.2 Å². The average Bonchev–Trinajstić information content (AvgIpc) is 3.12. The van der Waals surface area contributed by atoms with E-state index in [0.717, 1.165) is 10.4 Å². The quantitative estimate of drug-likeness (QED) is 0.744. The number of amides is 3. The molecule has 3 amide bonds. The van der Waals surface area contributed by atoms with Crippen LogP contribution in [0.1, 0.15) is 23.8 Å².